The molecule has 0 radical (unpaired) electrons. The van der Waals surface area contributed by atoms with Crippen molar-refractivity contribution < 1.29 is 9.53 Å². The normalized spacial score (nSPS) is 10.8. The van der Waals surface area contributed by atoms with Crippen molar-refractivity contribution in [2.75, 3.05) is 26.2 Å². The fourth-order valence-electron chi connectivity index (χ4n) is 2.80. The van der Waals surface area contributed by atoms with Crippen molar-refractivity contribution in [2.24, 2.45) is 0 Å². The summed E-state index contributed by atoms with van der Waals surface area (Å²) < 4.78 is 8.71. The van der Waals surface area contributed by atoms with Crippen LogP contribution in [-0.4, -0.2) is 46.2 Å². The van der Waals surface area contributed by atoms with Crippen molar-refractivity contribution in [2.45, 2.75) is 33.9 Å². The molecule has 134 valence electrons. The van der Waals surface area contributed by atoms with E-state index in [0.29, 0.717) is 12.2 Å². The van der Waals surface area contributed by atoms with Crippen LogP contribution in [0.1, 0.15) is 20.8 Å². The molecule has 24 heavy (non-hydrogen) atoms. The second kappa shape index (κ2) is 9.64. The lowest BCUT2D eigenvalue weighted by atomic mass is 10.3. The zero-order valence-electron chi connectivity index (χ0n) is 14.6. The number of fused-ring (bicyclic) bond motifs is 1. The van der Waals surface area contributed by atoms with Crippen LogP contribution in [0.15, 0.2) is 24.3 Å². The number of likely N-dealkylation sites (N-methyl/N-ethyl adjacent to an activating group) is 1. The molecule has 0 aliphatic carbocycles. The van der Waals surface area contributed by atoms with Crippen molar-refractivity contribution in [3.8, 4) is 0 Å². The summed E-state index contributed by atoms with van der Waals surface area (Å²) in [6.45, 7) is 10.1. The third kappa shape index (κ3) is 4.48. The average molecular weight is 399 g/mol. The third-order valence-corrected chi connectivity index (χ3v) is 4.10. The van der Waals surface area contributed by atoms with Crippen molar-refractivity contribution in [3.63, 3.8) is 0 Å². The van der Waals surface area contributed by atoms with Crippen LogP contribution in [0, 0.1) is 5.41 Å². The zero-order chi connectivity index (χ0) is 16.8. The number of nitrogens with one attached hydrogen (secondary N) is 1. The monoisotopic (exact) mass is 398 g/mol. The van der Waals surface area contributed by atoms with Gasteiger partial charge in [0.05, 0.1) is 17.6 Å². The van der Waals surface area contributed by atoms with Crippen LogP contribution >= 0.6 is 17.0 Å². The van der Waals surface area contributed by atoms with E-state index in [1.165, 1.54) is 0 Å². The molecule has 0 saturated carbocycles. The molecule has 0 bridgehead atoms. The number of hydrogen-bond donors (Lipinski definition) is 1. The molecule has 6 nitrogen and oxygen atoms in total. The number of carbonyl (C=O) groups is 1. The lowest BCUT2D eigenvalue weighted by Crippen LogP contribution is -2.32. The quantitative estimate of drug-likeness (QED) is 0.694. The Morgan fingerprint density at radius 1 is 1.12 bits per heavy atom. The molecule has 2 rings (SSSR count). The van der Waals surface area contributed by atoms with Crippen LogP contribution in [0.4, 0.5) is 0 Å². The summed E-state index contributed by atoms with van der Waals surface area (Å²) in [5, 5.41) is 8.46. The Morgan fingerprint density at radius 2 is 1.71 bits per heavy atom. The molecule has 0 aliphatic heterocycles. The number of aromatic nitrogens is 2. The molecule has 0 atom stereocenters. The highest BCUT2D eigenvalue weighted by Gasteiger charge is 2.14. The molecular formula is C17H27BrN4O2. The molecule has 0 spiro atoms. The Kier molecular flexibility index (Phi) is 8.21. The summed E-state index contributed by atoms with van der Waals surface area (Å²) in [7, 11) is 0. The highest BCUT2D eigenvalue weighted by Crippen LogP contribution is 2.13. The lowest BCUT2D eigenvalue weighted by Gasteiger charge is -2.18. The molecule has 0 saturated heterocycles. The summed E-state index contributed by atoms with van der Waals surface area (Å²) in [4.78, 5) is 14.2. The van der Waals surface area contributed by atoms with E-state index in [9.17, 15) is 4.79 Å². The molecule has 0 aliphatic rings. The van der Waals surface area contributed by atoms with Gasteiger partial charge in [-0.3, -0.25) is 14.8 Å². The van der Waals surface area contributed by atoms with Crippen LogP contribution in [0.3, 0.4) is 0 Å². The number of para-hydroxylation sites is 2. The summed E-state index contributed by atoms with van der Waals surface area (Å²) in [6.07, 6.45) is 0. The SMILES string of the molecule is Br.CCOC(=O)Cn1c(=N)n(CCN(CC)CC)c2ccccc21. The Morgan fingerprint density at radius 3 is 2.25 bits per heavy atom. The Balaban J connectivity index is 0.00000288. The lowest BCUT2D eigenvalue weighted by molar-refractivity contribution is -0.143. The maximum atomic E-state index is 11.8. The first-order valence-electron chi connectivity index (χ1n) is 8.22. The third-order valence-electron chi connectivity index (χ3n) is 4.10. The molecule has 0 unspecified atom stereocenters. The van der Waals surface area contributed by atoms with E-state index < -0.39 is 0 Å². The zero-order valence-corrected chi connectivity index (χ0v) is 16.3. The fraction of sp³-hybridized carbons (Fsp3) is 0.529. The van der Waals surface area contributed by atoms with Crippen molar-refractivity contribution >= 4 is 34.0 Å². The van der Waals surface area contributed by atoms with E-state index in [0.717, 1.165) is 37.2 Å². The van der Waals surface area contributed by atoms with Gasteiger partial charge in [-0.15, -0.1) is 17.0 Å². The number of hydrogen-bond acceptors (Lipinski definition) is 4. The largest absolute Gasteiger partial charge is 0.465 e. The fourth-order valence-corrected chi connectivity index (χ4v) is 2.80. The molecule has 0 amide bonds. The van der Waals surface area contributed by atoms with Crippen LogP contribution in [-0.2, 0) is 22.6 Å². The molecular weight excluding hydrogens is 372 g/mol. The number of halogens is 1. The number of benzene rings is 1. The van der Waals surface area contributed by atoms with Crippen molar-refractivity contribution in [1.29, 1.82) is 5.41 Å². The standard InChI is InChI=1S/C17H26N4O2.BrH/c1-4-19(5-2)11-12-20-14-9-7-8-10-15(14)21(17(20)18)13-16(22)23-6-3;/h7-10,18H,4-6,11-13H2,1-3H3;1H. The number of esters is 1. The maximum absolute atomic E-state index is 11.8. The summed E-state index contributed by atoms with van der Waals surface area (Å²) >= 11 is 0. The molecule has 1 heterocycles. The predicted molar refractivity (Wildman–Crippen MR) is 101 cm³/mol. The molecule has 7 heteroatoms. The second-order valence-corrected chi connectivity index (χ2v) is 5.38. The average Bonchev–Trinajstić information content (AvgIpc) is 2.81. The molecule has 2 aromatic rings. The summed E-state index contributed by atoms with van der Waals surface area (Å²) in [5.74, 6) is -0.308. The number of carbonyl (C=O) groups excluding carboxylic acids is 1. The highest BCUT2D eigenvalue weighted by molar-refractivity contribution is 8.93. The van der Waals surface area contributed by atoms with E-state index in [4.69, 9.17) is 10.1 Å². The molecule has 1 aromatic heterocycles. The van der Waals surface area contributed by atoms with E-state index in [2.05, 4.69) is 18.7 Å². The Labute approximate surface area is 153 Å². The van der Waals surface area contributed by atoms with Gasteiger partial charge in [-0.2, -0.15) is 0 Å². The topological polar surface area (TPSA) is 63.2 Å². The second-order valence-electron chi connectivity index (χ2n) is 5.38. The van der Waals surface area contributed by atoms with Crippen LogP contribution in [0.2, 0.25) is 0 Å². The van der Waals surface area contributed by atoms with Gasteiger partial charge in [-0.25, -0.2) is 0 Å². The number of ether oxygens (including phenoxy) is 1. The maximum Gasteiger partial charge on any atom is 0.326 e. The number of rotatable bonds is 8. The summed E-state index contributed by atoms with van der Waals surface area (Å²) in [6, 6.07) is 7.83. The minimum atomic E-state index is -0.308. The van der Waals surface area contributed by atoms with Gasteiger partial charge in [-0.1, -0.05) is 26.0 Å². The minimum Gasteiger partial charge on any atom is -0.465 e. The Hall–Kier alpha value is -1.60. The van der Waals surface area contributed by atoms with Gasteiger partial charge >= 0.3 is 5.97 Å². The van der Waals surface area contributed by atoms with E-state index in [1.807, 2.05) is 28.8 Å². The van der Waals surface area contributed by atoms with Gasteiger partial charge in [-0.05, 0) is 32.1 Å². The predicted octanol–water partition coefficient (Wildman–Crippen LogP) is 2.41. The van der Waals surface area contributed by atoms with Gasteiger partial charge in [0.15, 0.2) is 0 Å². The van der Waals surface area contributed by atoms with Crippen molar-refractivity contribution in [1.82, 2.24) is 14.0 Å². The van der Waals surface area contributed by atoms with Gasteiger partial charge in [0.1, 0.15) is 6.54 Å². The highest BCUT2D eigenvalue weighted by atomic mass is 79.9. The first-order chi connectivity index (χ1) is 11.1. The van der Waals surface area contributed by atoms with E-state index in [-0.39, 0.29) is 29.5 Å². The van der Waals surface area contributed by atoms with Gasteiger partial charge in [0.25, 0.3) is 0 Å². The van der Waals surface area contributed by atoms with E-state index >= 15 is 0 Å². The van der Waals surface area contributed by atoms with Crippen LogP contribution in [0.25, 0.3) is 11.0 Å². The van der Waals surface area contributed by atoms with Gasteiger partial charge in [0.2, 0.25) is 5.62 Å². The molecule has 1 aromatic carbocycles. The van der Waals surface area contributed by atoms with Crippen LogP contribution < -0.4 is 5.62 Å². The van der Waals surface area contributed by atoms with Gasteiger partial charge < -0.3 is 14.2 Å². The Bertz CT molecular complexity index is 719. The first-order valence-corrected chi connectivity index (χ1v) is 8.22. The van der Waals surface area contributed by atoms with E-state index in [1.54, 1.807) is 11.5 Å². The molecule has 1 N–H and O–H groups in total. The smallest absolute Gasteiger partial charge is 0.326 e. The number of imidazole rings is 1. The minimum absolute atomic E-state index is 0. The first kappa shape index (κ1) is 20.4. The number of nitrogens with zero attached hydrogens (tertiary/aromatic N) is 3. The van der Waals surface area contributed by atoms with Crippen molar-refractivity contribution in [3.05, 3.63) is 29.9 Å². The molecule has 0 fully saturated rings. The van der Waals surface area contributed by atoms with Crippen LogP contribution in [0.5, 0.6) is 0 Å². The summed E-state index contributed by atoms with van der Waals surface area (Å²) in [5.41, 5.74) is 2.21. The van der Waals surface area contributed by atoms with Gasteiger partial charge in [0, 0.05) is 13.1 Å².